The van der Waals surface area contributed by atoms with Crippen LogP contribution in [-0.2, 0) is 11.3 Å². The molecule has 3 heterocycles. The van der Waals surface area contributed by atoms with E-state index in [1.54, 1.807) is 18.0 Å². The molecule has 31 heavy (non-hydrogen) atoms. The van der Waals surface area contributed by atoms with Gasteiger partial charge in [-0.05, 0) is 57.1 Å². The second kappa shape index (κ2) is 10.3. The smallest absolute Gasteiger partial charge is 0.240 e. The lowest BCUT2D eigenvalue weighted by atomic mass is 10.1. The molecular weight excluding hydrogens is 430 g/mol. The first-order chi connectivity index (χ1) is 15.0. The van der Waals surface area contributed by atoms with Gasteiger partial charge in [0.15, 0.2) is 5.16 Å². The lowest BCUT2D eigenvalue weighted by molar-refractivity contribution is -0.136. The number of amides is 1. The van der Waals surface area contributed by atoms with E-state index in [2.05, 4.69) is 37.8 Å². The van der Waals surface area contributed by atoms with Gasteiger partial charge in [0, 0.05) is 54.9 Å². The van der Waals surface area contributed by atoms with E-state index in [0.29, 0.717) is 0 Å². The van der Waals surface area contributed by atoms with Gasteiger partial charge in [-0.25, -0.2) is 9.97 Å². The highest BCUT2D eigenvalue weighted by Gasteiger charge is 2.39. The fourth-order valence-corrected chi connectivity index (χ4v) is 5.73. The van der Waals surface area contributed by atoms with Gasteiger partial charge in [0.2, 0.25) is 5.91 Å². The zero-order valence-electron chi connectivity index (χ0n) is 18.2. The van der Waals surface area contributed by atoms with Crippen LogP contribution in [0.5, 0.6) is 0 Å². The SMILES string of the molecule is Cc1ccnc(S[C@@H]2C[C@@H](C(=O)N3CCCN(C)CC3)N(Cc3cccc(Cl)c3)C2)n1. The van der Waals surface area contributed by atoms with Crippen LogP contribution in [0.15, 0.2) is 41.7 Å². The third-order valence-electron chi connectivity index (χ3n) is 6.00. The Labute approximate surface area is 194 Å². The summed E-state index contributed by atoms with van der Waals surface area (Å²) in [7, 11) is 2.13. The third kappa shape index (κ3) is 5.98. The number of nitrogens with zero attached hydrogens (tertiary/aromatic N) is 5. The summed E-state index contributed by atoms with van der Waals surface area (Å²) in [4.78, 5) is 29.2. The van der Waals surface area contributed by atoms with Crippen molar-refractivity contribution in [3.63, 3.8) is 0 Å². The van der Waals surface area contributed by atoms with Gasteiger partial charge in [0.05, 0.1) is 6.04 Å². The average molecular weight is 460 g/mol. The van der Waals surface area contributed by atoms with Crippen molar-refractivity contribution in [2.45, 2.75) is 42.8 Å². The predicted octanol–water partition coefficient (Wildman–Crippen LogP) is 3.34. The van der Waals surface area contributed by atoms with Crippen LogP contribution in [0.3, 0.4) is 0 Å². The molecule has 166 valence electrons. The van der Waals surface area contributed by atoms with Gasteiger partial charge in [-0.3, -0.25) is 9.69 Å². The number of aromatic nitrogens is 2. The van der Waals surface area contributed by atoms with E-state index < -0.39 is 0 Å². The zero-order valence-corrected chi connectivity index (χ0v) is 19.8. The Morgan fingerprint density at radius 1 is 1.23 bits per heavy atom. The highest BCUT2D eigenvalue weighted by molar-refractivity contribution is 7.99. The minimum Gasteiger partial charge on any atom is -0.340 e. The molecule has 6 nitrogen and oxygen atoms in total. The van der Waals surface area contributed by atoms with E-state index in [1.165, 1.54) is 0 Å². The molecule has 2 saturated heterocycles. The molecule has 8 heteroatoms. The van der Waals surface area contributed by atoms with E-state index in [9.17, 15) is 4.79 Å². The number of carbonyl (C=O) groups is 1. The Morgan fingerprint density at radius 3 is 2.90 bits per heavy atom. The van der Waals surface area contributed by atoms with E-state index >= 15 is 0 Å². The molecule has 4 rings (SSSR count). The first-order valence-corrected chi connectivity index (χ1v) is 12.2. The zero-order chi connectivity index (χ0) is 21.8. The molecule has 0 unspecified atom stereocenters. The summed E-state index contributed by atoms with van der Waals surface area (Å²) in [5.74, 6) is 0.255. The van der Waals surface area contributed by atoms with Crippen molar-refractivity contribution >= 4 is 29.3 Å². The number of benzene rings is 1. The number of likely N-dealkylation sites (N-methyl/N-ethyl adjacent to an activating group) is 1. The molecule has 0 N–H and O–H groups in total. The van der Waals surface area contributed by atoms with Gasteiger partial charge in [-0.1, -0.05) is 35.5 Å². The third-order valence-corrected chi connectivity index (χ3v) is 7.32. The van der Waals surface area contributed by atoms with Crippen molar-refractivity contribution in [2.75, 3.05) is 39.8 Å². The molecule has 2 aliphatic heterocycles. The van der Waals surface area contributed by atoms with E-state index in [-0.39, 0.29) is 17.2 Å². The Kier molecular flexibility index (Phi) is 7.48. The van der Waals surface area contributed by atoms with Crippen LogP contribution in [-0.4, -0.2) is 81.6 Å². The van der Waals surface area contributed by atoms with Gasteiger partial charge in [0.1, 0.15) is 0 Å². The maximum absolute atomic E-state index is 13.6. The number of likely N-dealkylation sites (tertiary alicyclic amines) is 1. The lowest BCUT2D eigenvalue weighted by Crippen LogP contribution is -2.46. The second-order valence-corrected chi connectivity index (χ2v) is 10.2. The molecule has 0 radical (unpaired) electrons. The number of halogens is 1. The van der Waals surface area contributed by atoms with Gasteiger partial charge in [-0.2, -0.15) is 0 Å². The van der Waals surface area contributed by atoms with Crippen LogP contribution >= 0.6 is 23.4 Å². The topological polar surface area (TPSA) is 52.6 Å². The highest BCUT2D eigenvalue weighted by Crippen LogP contribution is 2.33. The standard InChI is InChI=1S/C23H30ClN5OS/c1-17-7-8-25-23(26-17)31-20-14-21(22(30)28-10-4-9-27(2)11-12-28)29(16-20)15-18-5-3-6-19(24)13-18/h3,5-8,13,20-21H,4,9-12,14-16H2,1-2H3/t20-,21+/m1/s1. The Balaban J connectivity index is 1.51. The van der Waals surface area contributed by atoms with Crippen molar-refractivity contribution in [3.05, 3.63) is 52.8 Å². The molecule has 2 atom stereocenters. The van der Waals surface area contributed by atoms with Gasteiger partial charge >= 0.3 is 0 Å². The summed E-state index contributed by atoms with van der Waals surface area (Å²) in [6.07, 6.45) is 3.64. The van der Waals surface area contributed by atoms with Crippen molar-refractivity contribution < 1.29 is 4.79 Å². The molecule has 0 aliphatic carbocycles. The summed E-state index contributed by atoms with van der Waals surface area (Å²) in [6, 6.07) is 9.73. The minimum absolute atomic E-state index is 0.121. The van der Waals surface area contributed by atoms with Crippen LogP contribution in [0.25, 0.3) is 0 Å². The Bertz CT molecular complexity index is 913. The molecule has 1 aromatic heterocycles. The first-order valence-electron chi connectivity index (χ1n) is 10.9. The van der Waals surface area contributed by atoms with Gasteiger partial charge in [0.25, 0.3) is 0 Å². The molecule has 1 aromatic carbocycles. The molecule has 1 amide bonds. The predicted molar refractivity (Wildman–Crippen MR) is 125 cm³/mol. The summed E-state index contributed by atoms with van der Waals surface area (Å²) in [5, 5.41) is 1.80. The summed E-state index contributed by atoms with van der Waals surface area (Å²) in [6.45, 7) is 7.15. The number of aryl methyl sites for hydroxylation is 1. The average Bonchev–Trinajstić information content (AvgIpc) is 2.98. The normalized spacial score (nSPS) is 23.1. The number of hydrogen-bond acceptors (Lipinski definition) is 6. The second-order valence-electron chi connectivity index (χ2n) is 8.51. The molecule has 2 aliphatic rings. The largest absolute Gasteiger partial charge is 0.340 e. The van der Waals surface area contributed by atoms with Crippen LogP contribution < -0.4 is 0 Å². The molecule has 0 saturated carbocycles. The highest BCUT2D eigenvalue weighted by atomic mass is 35.5. The number of hydrogen-bond donors (Lipinski definition) is 0. The van der Waals surface area contributed by atoms with Crippen molar-refractivity contribution in [3.8, 4) is 0 Å². The molecule has 0 bridgehead atoms. The summed E-state index contributed by atoms with van der Waals surface area (Å²) >= 11 is 7.90. The fourth-order valence-electron chi connectivity index (χ4n) is 4.36. The lowest BCUT2D eigenvalue weighted by Gasteiger charge is -2.29. The molecular formula is C23H30ClN5OS. The monoisotopic (exact) mass is 459 g/mol. The fraction of sp³-hybridized carbons (Fsp3) is 0.522. The van der Waals surface area contributed by atoms with Crippen LogP contribution in [0.2, 0.25) is 5.02 Å². The number of rotatable bonds is 5. The quantitative estimate of drug-likeness (QED) is 0.639. The van der Waals surface area contributed by atoms with Crippen LogP contribution in [0, 0.1) is 6.92 Å². The van der Waals surface area contributed by atoms with E-state index in [4.69, 9.17) is 11.6 Å². The molecule has 0 spiro atoms. The van der Waals surface area contributed by atoms with Gasteiger partial charge in [-0.15, -0.1) is 0 Å². The van der Waals surface area contributed by atoms with Crippen molar-refractivity contribution in [1.29, 1.82) is 0 Å². The maximum atomic E-state index is 13.6. The van der Waals surface area contributed by atoms with E-state index in [1.807, 2.05) is 31.2 Å². The molecule has 2 aromatic rings. The van der Waals surface area contributed by atoms with Gasteiger partial charge < -0.3 is 9.80 Å². The maximum Gasteiger partial charge on any atom is 0.240 e. The Hall–Kier alpha value is -1.67. The van der Waals surface area contributed by atoms with Crippen molar-refractivity contribution in [1.82, 2.24) is 24.7 Å². The number of thioether (sulfide) groups is 1. The first kappa shape index (κ1) is 22.5. The van der Waals surface area contributed by atoms with E-state index in [0.717, 1.165) is 73.5 Å². The van der Waals surface area contributed by atoms with Crippen molar-refractivity contribution in [2.24, 2.45) is 0 Å². The molecule has 2 fully saturated rings. The minimum atomic E-state index is -0.121. The van der Waals surface area contributed by atoms with Crippen LogP contribution in [0.4, 0.5) is 0 Å². The Morgan fingerprint density at radius 2 is 2.10 bits per heavy atom. The summed E-state index contributed by atoms with van der Waals surface area (Å²) < 4.78 is 0. The summed E-state index contributed by atoms with van der Waals surface area (Å²) in [5.41, 5.74) is 2.10. The van der Waals surface area contributed by atoms with Crippen LogP contribution in [0.1, 0.15) is 24.1 Å². The number of carbonyl (C=O) groups excluding carboxylic acids is 1.